The molecule has 29 heavy (non-hydrogen) atoms. The molecule has 3 rings (SSSR count). The Hall–Kier alpha value is -2.83. The number of nitrogens with zero attached hydrogens (tertiary/aromatic N) is 1. The highest BCUT2D eigenvalue weighted by Gasteiger charge is 2.22. The molecule has 0 aliphatic carbocycles. The molecule has 1 N–H and O–H groups in total. The van der Waals surface area contributed by atoms with Crippen molar-refractivity contribution in [3.05, 3.63) is 94.5 Å². The topological polar surface area (TPSA) is 66.5 Å². The predicted molar refractivity (Wildman–Crippen MR) is 116 cm³/mol. The molecule has 0 bridgehead atoms. The number of amides is 1. The van der Waals surface area contributed by atoms with Gasteiger partial charge in [-0.25, -0.2) is 8.42 Å². The summed E-state index contributed by atoms with van der Waals surface area (Å²) >= 11 is 5.96. The minimum Gasteiger partial charge on any atom is -0.348 e. The Kier molecular flexibility index (Phi) is 6.25. The smallest absolute Gasteiger partial charge is 0.264 e. The van der Waals surface area contributed by atoms with Crippen LogP contribution in [0.4, 0.5) is 5.69 Å². The van der Waals surface area contributed by atoms with Gasteiger partial charge in [0.1, 0.15) is 0 Å². The molecule has 1 amide bonds. The molecular formula is C22H21ClN2O3S. The summed E-state index contributed by atoms with van der Waals surface area (Å²) in [6.07, 6.45) is 0. The molecule has 0 aromatic heterocycles. The molecule has 0 aliphatic heterocycles. The molecule has 0 saturated carbocycles. The fourth-order valence-electron chi connectivity index (χ4n) is 2.96. The van der Waals surface area contributed by atoms with Gasteiger partial charge in [-0.15, -0.1) is 0 Å². The van der Waals surface area contributed by atoms with E-state index in [1.165, 1.54) is 11.4 Å². The van der Waals surface area contributed by atoms with E-state index in [0.717, 1.165) is 5.56 Å². The monoisotopic (exact) mass is 428 g/mol. The van der Waals surface area contributed by atoms with Crippen LogP contribution in [0.25, 0.3) is 0 Å². The molecule has 0 aliphatic rings. The molecule has 5 nitrogen and oxygen atoms in total. The molecule has 0 heterocycles. The van der Waals surface area contributed by atoms with Crippen LogP contribution in [0.3, 0.4) is 0 Å². The molecule has 7 heteroatoms. The molecule has 0 spiro atoms. The summed E-state index contributed by atoms with van der Waals surface area (Å²) in [7, 11) is -2.17. The molecule has 0 fully saturated rings. The van der Waals surface area contributed by atoms with Gasteiger partial charge in [-0.3, -0.25) is 9.10 Å². The first kappa shape index (κ1) is 20.9. The number of nitrogens with one attached hydrogen (secondary N) is 1. The van der Waals surface area contributed by atoms with E-state index < -0.39 is 10.0 Å². The first-order valence-corrected chi connectivity index (χ1v) is 10.8. The van der Waals surface area contributed by atoms with Crippen molar-refractivity contribution in [3.63, 3.8) is 0 Å². The third-order valence-electron chi connectivity index (χ3n) is 4.54. The average molecular weight is 429 g/mol. The number of rotatable bonds is 6. The maximum atomic E-state index is 12.8. The molecule has 3 aromatic rings. The Morgan fingerprint density at radius 2 is 1.72 bits per heavy atom. The standard InChI is InChI=1S/C22H21ClN2O3S/c1-16-13-18(22(26)24-15-17-7-6-8-19(23)14-17)11-12-21(16)25(2)29(27,28)20-9-4-3-5-10-20/h3-14H,15H2,1-2H3,(H,24,26). The van der Waals surface area contributed by atoms with E-state index >= 15 is 0 Å². The largest absolute Gasteiger partial charge is 0.348 e. The number of halogens is 1. The van der Waals surface area contributed by atoms with Gasteiger partial charge in [0, 0.05) is 24.2 Å². The Bertz CT molecular complexity index is 1130. The number of sulfonamides is 1. The summed E-state index contributed by atoms with van der Waals surface area (Å²) in [6.45, 7) is 2.13. The van der Waals surface area contributed by atoms with Crippen LogP contribution in [0.1, 0.15) is 21.5 Å². The lowest BCUT2D eigenvalue weighted by Gasteiger charge is -2.22. The van der Waals surface area contributed by atoms with Crippen molar-refractivity contribution in [1.82, 2.24) is 5.32 Å². The van der Waals surface area contributed by atoms with Crippen molar-refractivity contribution in [1.29, 1.82) is 0 Å². The van der Waals surface area contributed by atoms with Crippen LogP contribution >= 0.6 is 11.6 Å². The van der Waals surface area contributed by atoms with E-state index in [2.05, 4.69) is 5.32 Å². The number of benzene rings is 3. The van der Waals surface area contributed by atoms with Crippen LogP contribution < -0.4 is 9.62 Å². The summed E-state index contributed by atoms with van der Waals surface area (Å²) in [5.74, 6) is -0.242. The Morgan fingerprint density at radius 1 is 1.00 bits per heavy atom. The number of anilines is 1. The number of hydrogen-bond acceptors (Lipinski definition) is 3. The molecule has 0 atom stereocenters. The van der Waals surface area contributed by atoms with Crippen molar-refractivity contribution in [2.75, 3.05) is 11.4 Å². The predicted octanol–water partition coefficient (Wildman–Crippen LogP) is 4.40. The minimum atomic E-state index is -3.68. The van der Waals surface area contributed by atoms with Gasteiger partial charge in [-0.1, -0.05) is 41.9 Å². The third-order valence-corrected chi connectivity index (χ3v) is 6.56. The molecule has 150 valence electrons. The van der Waals surface area contributed by atoms with E-state index in [-0.39, 0.29) is 10.8 Å². The molecule has 0 radical (unpaired) electrons. The van der Waals surface area contributed by atoms with Gasteiger partial charge in [-0.2, -0.15) is 0 Å². The normalized spacial score (nSPS) is 11.1. The van der Waals surface area contributed by atoms with Gasteiger partial charge in [0.2, 0.25) is 0 Å². The molecule has 0 unspecified atom stereocenters. The Morgan fingerprint density at radius 3 is 2.38 bits per heavy atom. The van der Waals surface area contributed by atoms with Crippen molar-refractivity contribution in [3.8, 4) is 0 Å². The number of hydrogen-bond donors (Lipinski definition) is 1. The second kappa shape index (κ2) is 8.68. The first-order chi connectivity index (χ1) is 13.8. The van der Waals surface area contributed by atoms with Gasteiger partial charge < -0.3 is 5.32 Å². The summed E-state index contributed by atoms with van der Waals surface area (Å²) in [4.78, 5) is 12.7. The zero-order chi connectivity index (χ0) is 21.0. The summed E-state index contributed by atoms with van der Waals surface area (Å²) in [5.41, 5.74) is 2.55. The Balaban J connectivity index is 1.76. The van der Waals surface area contributed by atoms with Gasteiger partial charge >= 0.3 is 0 Å². The lowest BCUT2D eigenvalue weighted by atomic mass is 10.1. The van der Waals surface area contributed by atoms with Crippen LogP contribution in [0.5, 0.6) is 0 Å². The van der Waals surface area contributed by atoms with Crippen molar-refractivity contribution >= 4 is 33.2 Å². The Labute approximate surface area is 176 Å². The van der Waals surface area contributed by atoms with Crippen molar-refractivity contribution in [2.45, 2.75) is 18.4 Å². The lowest BCUT2D eigenvalue weighted by molar-refractivity contribution is 0.0951. The van der Waals surface area contributed by atoms with Crippen LogP contribution in [-0.2, 0) is 16.6 Å². The zero-order valence-corrected chi connectivity index (χ0v) is 17.7. The summed E-state index contributed by atoms with van der Waals surface area (Å²) in [5, 5.41) is 3.46. The fraction of sp³-hybridized carbons (Fsp3) is 0.136. The van der Waals surface area contributed by atoms with E-state index in [1.807, 2.05) is 12.1 Å². The molecule has 0 saturated heterocycles. The van der Waals surface area contributed by atoms with E-state index in [1.54, 1.807) is 67.6 Å². The zero-order valence-electron chi connectivity index (χ0n) is 16.1. The second-order valence-corrected chi connectivity index (χ2v) is 9.01. The maximum absolute atomic E-state index is 12.8. The average Bonchev–Trinajstić information content (AvgIpc) is 2.72. The van der Waals surface area contributed by atoms with Gasteiger partial charge in [0.15, 0.2) is 0 Å². The van der Waals surface area contributed by atoms with E-state index in [9.17, 15) is 13.2 Å². The van der Waals surface area contributed by atoms with Crippen LogP contribution in [-0.4, -0.2) is 21.4 Å². The highest BCUT2D eigenvalue weighted by atomic mass is 35.5. The highest BCUT2D eigenvalue weighted by Crippen LogP contribution is 2.26. The second-order valence-electron chi connectivity index (χ2n) is 6.60. The van der Waals surface area contributed by atoms with Crippen molar-refractivity contribution < 1.29 is 13.2 Å². The van der Waals surface area contributed by atoms with Gasteiger partial charge in [0.05, 0.1) is 10.6 Å². The molecular weight excluding hydrogens is 408 g/mol. The third kappa shape index (κ3) is 4.78. The van der Waals surface area contributed by atoms with Gasteiger partial charge in [0.25, 0.3) is 15.9 Å². The minimum absolute atomic E-state index is 0.213. The highest BCUT2D eigenvalue weighted by molar-refractivity contribution is 7.92. The SMILES string of the molecule is Cc1cc(C(=O)NCc2cccc(Cl)c2)ccc1N(C)S(=O)(=O)c1ccccc1. The summed E-state index contributed by atoms with van der Waals surface area (Å²) in [6, 6.07) is 20.4. The lowest BCUT2D eigenvalue weighted by Crippen LogP contribution is -2.27. The fourth-order valence-corrected chi connectivity index (χ4v) is 4.46. The number of carbonyl (C=O) groups is 1. The van der Waals surface area contributed by atoms with Gasteiger partial charge in [-0.05, 0) is 60.5 Å². The maximum Gasteiger partial charge on any atom is 0.264 e. The number of carbonyl (C=O) groups excluding carboxylic acids is 1. The molecule has 3 aromatic carbocycles. The van der Waals surface area contributed by atoms with Crippen LogP contribution in [0.2, 0.25) is 5.02 Å². The summed E-state index contributed by atoms with van der Waals surface area (Å²) < 4.78 is 26.9. The van der Waals surface area contributed by atoms with Crippen LogP contribution in [0, 0.1) is 6.92 Å². The van der Waals surface area contributed by atoms with E-state index in [4.69, 9.17) is 11.6 Å². The first-order valence-electron chi connectivity index (χ1n) is 8.96. The number of aryl methyl sites for hydroxylation is 1. The van der Waals surface area contributed by atoms with Crippen molar-refractivity contribution in [2.24, 2.45) is 0 Å². The quantitative estimate of drug-likeness (QED) is 0.632. The van der Waals surface area contributed by atoms with E-state index in [0.29, 0.717) is 28.4 Å². The van der Waals surface area contributed by atoms with Crippen LogP contribution in [0.15, 0.2) is 77.7 Å².